The maximum atomic E-state index is 12.0. The van der Waals surface area contributed by atoms with Crippen molar-refractivity contribution < 1.29 is 19.2 Å². The van der Waals surface area contributed by atoms with E-state index in [0.29, 0.717) is 18.0 Å². The fourth-order valence-electron chi connectivity index (χ4n) is 2.35. The Kier molecular flexibility index (Phi) is 6.15. The third-order valence-corrected chi connectivity index (χ3v) is 3.70. The molecule has 2 aromatic carbocycles. The average Bonchev–Trinajstić information content (AvgIpc) is 2.72. The van der Waals surface area contributed by atoms with Crippen LogP contribution in [0, 0.1) is 10.1 Å². The van der Waals surface area contributed by atoms with Crippen LogP contribution < -0.4 is 20.3 Å². The molecule has 0 fully saturated rings. The van der Waals surface area contributed by atoms with E-state index < -0.39 is 34.6 Å². The number of aromatic nitrogens is 2. The van der Waals surface area contributed by atoms with E-state index in [2.05, 4.69) is 15.3 Å². The number of nitro groups is 1. The molecule has 10 heteroatoms. The standard InChI is InChI=1S/C19H16N4O6/c24-16(11-29-19-17(23(26)27)18(25)20-12-21-19)22-14-6-8-15(9-7-14)28-10-13-4-2-1-3-5-13/h1-9,12H,10-11H2,(H,22,24)(H,20,21,25). The number of ether oxygens (including phenoxy) is 2. The number of benzene rings is 2. The molecule has 29 heavy (non-hydrogen) atoms. The molecule has 0 bridgehead atoms. The predicted molar refractivity (Wildman–Crippen MR) is 103 cm³/mol. The highest BCUT2D eigenvalue weighted by Crippen LogP contribution is 2.19. The Morgan fingerprint density at radius 1 is 1.10 bits per heavy atom. The van der Waals surface area contributed by atoms with Crippen molar-refractivity contribution in [3.63, 3.8) is 0 Å². The van der Waals surface area contributed by atoms with Crippen molar-refractivity contribution in [2.24, 2.45) is 0 Å². The lowest BCUT2D eigenvalue weighted by molar-refractivity contribution is -0.387. The van der Waals surface area contributed by atoms with Gasteiger partial charge in [-0.2, -0.15) is 4.98 Å². The topological polar surface area (TPSA) is 136 Å². The molecule has 0 unspecified atom stereocenters. The van der Waals surface area contributed by atoms with E-state index >= 15 is 0 Å². The molecule has 0 aliphatic heterocycles. The highest BCUT2D eigenvalue weighted by atomic mass is 16.6. The molecule has 0 saturated heterocycles. The minimum atomic E-state index is -0.966. The third-order valence-electron chi connectivity index (χ3n) is 3.70. The smallest absolute Gasteiger partial charge is 0.395 e. The molecule has 0 saturated carbocycles. The summed E-state index contributed by atoms with van der Waals surface area (Å²) in [7, 11) is 0. The summed E-state index contributed by atoms with van der Waals surface area (Å²) in [6.07, 6.45) is 0.955. The molecule has 0 atom stereocenters. The van der Waals surface area contributed by atoms with Crippen LogP contribution >= 0.6 is 0 Å². The molecule has 1 aromatic heterocycles. The molecule has 2 N–H and O–H groups in total. The first-order chi connectivity index (χ1) is 14.0. The molecular formula is C19H16N4O6. The van der Waals surface area contributed by atoms with Gasteiger partial charge in [-0.1, -0.05) is 30.3 Å². The number of hydrogen-bond acceptors (Lipinski definition) is 7. The molecule has 0 aliphatic carbocycles. The number of nitrogens with one attached hydrogen (secondary N) is 2. The van der Waals surface area contributed by atoms with Crippen LogP contribution in [-0.2, 0) is 11.4 Å². The first kappa shape index (κ1) is 19.5. The summed E-state index contributed by atoms with van der Waals surface area (Å²) in [6.45, 7) is -0.133. The highest BCUT2D eigenvalue weighted by Gasteiger charge is 2.22. The summed E-state index contributed by atoms with van der Waals surface area (Å²) in [4.78, 5) is 39.1. The lowest BCUT2D eigenvalue weighted by atomic mass is 10.2. The summed E-state index contributed by atoms with van der Waals surface area (Å²) in [5, 5.41) is 13.5. The second-order valence-corrected chi connectivity index (χ2v) is 5.78. The largest absolute Gasteiger partial charge is 0.489 e. The molecule has 10 nitrogen and oxygen atoms in total. The number of carbonyl (C=O) groups is 1. The van der Waals surface area contributed by atoms with E-state index in [4.69, 9.17) is 9.47 Å². The molecular weight excluding hydrogens is 380 g/mol. The summed E-state index contributed by atoms with van der Waals surface area (Å²) in [6, 6.07) is 16.4. The van der Waals surface area contributed by atoms with E-state index in [1.165, 1.54) is 0 Å². The Balaban J connectivity index is 1.53. The van der Waals surface area contributed by atoms with E-state index in [9.17, 15) is 19.7 Å². The van der Waals surface area contributed by atoms with Crippen molar-refractivity contribution in [3.05, 3.63) is 87.0 Å². The number of carbonyl (C=O) groups excluding carboxylic acids is 1. The minimum Gasteiger partial charge on any atom is -0.489 e. The zero-order valence-corrected chi connectivity index (χ0v) is 15.0. The molecule has 148 valence electrons. The molecule has 3 aromatic rings. The number of nitrogens with zero attached hydrogens (tertiary/aromatic N) is 2. The van der Waals surface area contributed by atoms with Gasteiger partial charge in [0.05, 0.1) is 11.3 Å². The van der Waals surface area contributed by atoms with Gasteiger partial charge in [0.2, 0.25) is 0 Å². The molecule has 0 radical (unpaired) electrons. The van der Waals surface area contributed by atoms with Gasteiger partial charge >= 0.3 is 17.1 Å². The quantitative estimate of drug-likeness (QED) is 0.440. The zero-order chi connectivity index (χ0) is 20.6. The molecule has 3 rings (SSSR count). The Labute approximate surface area is 164 Å². The number of aromatic amines is 1. The fourth-order valence-corrected chi connectivity index (χ4v) is 2.35. The van der Waals surface area contributed by atoms with E-state index in [1.54, 1.807) is 24.3 Å². The monoisotopic (exact) mass is 396 g/mol. The molecule has 0 aliphatic rings. The summed E-state index contributed by atoms with van der Waals surface area (Å²) < 4.78 is 10.7. The van der Waals surface area contributed by atoms with Crippen molar-refractivity contribution >= 4 is 17.3 Å². The van der Waals surface area contributed by atoms with Crippen LogP contribution in [0.3, 0.4) is 0 Å². The van der Waals surface area contributed by atoms with Gasteiger partial charge in [-0.05, 0) is 29.8 Å². The molecule has 0 spiro atoms. The number of amides is 1. The van der Waals surface area contributed by atoms with Gasteiger partial charge in [0.25, 0.3) is 5.91 Å². The van der Waals surface area contributed by atoms with Gasteiger partial charge in [0.15, 0.2) is 6.61 Å². The molecule has 1 amide bonds. The van der Waals surface area contributed by atoms with Crippen LogP contribution in [0.4, 0.5) is 11.4 Å². The van der Waals surface area contributed by atoms with Crippen molar-refractivity contribution in [3.8, 4) is 11.6 Å². The van der Waals surface area contributed by atoms with Crippen molar-refractivity contribution in [1.82, 2.24) is 9.97 Å². The number of H-pyrrole nitrogens is 1. The van der Waals surface area contributed by atoms with Gasteiger partial charge in [-0.25, -0.2) is 0 Å². The van der Waals surface area contributed by atoms with Gasteiger partial charge in [-0.15, -0.1) is 0 Å². The van der Waals surface area contributed by atoms with Crippen molar-refractivity contribution in [2.75, 3.05) is 11.9 Å². The zero-order valence-electron chi connectivity index (χ0n) is 15.0. The summed E-state index contributed by atoms with van der Waals surface area (Å²) in [5.74, 6) is -0.468. The van der Waals surface area contributed by atoms with Gasteiger partial charge in [-0.3, -0.25) is 19.7 Å². The van der Waals surface area contributed by atoms with Crippen LogP contribution in [0.2, 0.25) is 0 Å². The highest BCUT2D eigenvalue weighted by molar-refractivity contribution is 5.91. The van der Waals surface area contributed by atoms with Crippen LogP contribution in [0.5, 0.6) is 11.6 Å². The van der Waals surface area contributed by atoms with Gasteiger partial charge < -0.3 is 19.8 Å². The van der Waals surface area contributed by atoms with Gasteiger partial charge in [0.1, 0.15) is 12.4 Å². The SMILES string of the molecule is O=C(COc1nc[nH]c(=O)c1[N+](=O)[O-])Nc1ccc(OCc2ccccc2)cc1. The number of hydrogen-bond donors (Lipinski definition) is 2. The summed E-state index contributed by atoms with van der Waals surface area (Å²) in [5.41, 5.74) is -0.310. The maximum Gasteiger partial charge on any atom is 0.395 e. The Hall–Kier alpha value is -4.21. The van der Waals surface area contributed by atoms with Crippen LogP contribution in [0.25, 0.3) is 0 Å². The second kappa shape index (κ2) is 9.13. The maximum absolute atomic E-state index is 12.0. The van der Waals surface area contributed by atoms with E-state index in [1.807, 2.05) is 30.3 Å². The Bertz CT molecular complexity index is 1050. The van der Waals surface area contributed by atoms with Crippen molar-refractivity contribution in [2.45, 2.75) is 6.61 Å². The lowest BCUT2D eigenvalue weighted by Crippen LogP contribution is -2.22. The molecule has 1 heterocycles. The van der Waals surface area contributed by atoms with E-state index in [-0.39, 0.29) is 0 Å². The van der Waals surface area contributed by atoms with Crippen LogP contribution in [0.15, 0.2) is 65.7 Å². The average molecular weight is 396 g/mol. The van der Waals surface area contributed by atoms with Crippen molar-refractivity contribution in [1.29, 1.82) is 0 Å². The first-order valence-electron chi connectivity index (χ1n) is 8.44. The normalized spacial score (nSPS) is 10.2. The minimum absolute atomic E-state index is 0.419. The fraction of sp³-hybridized carbons (Fsp3) is 0.105. The third kappa shape index (κ3) is 5.39. The van der Waals surface area contributed by atoms with E-state index in [0.717, 1.165) is 11.9 Å². The number of rotatable bonds is 8. The second-order valence-electron chi connectivity index (χ2n) is 5.78. The van der Waals surface area contributed by atoms with Crippen LogP contribution in [0.1, 0.15) is 5.56 Å². The summed E-state index contributed by atoms with van der Waals surface area (Å²) >= 11 is 0. The van der Waals surface area contributed by atoms with Gasteiger partial charge in [0, 0.05) is 5.69 Å². The first-order valence-corrected chi connectivity index (χ1v) is 8.44. The lowest BCUT2D eigenvalue weighted by Gasteiger charge is -2.09. The van der Waals surface area contributed by atoms with Crippen LogP contribution in [-0.4, -0.2) is 27.4 Å². The Morgan fingerprint density at radius 2 is 1.83 bits per heavy atom. The number of anilines is 1. The predicted octanol–water partition coefficient (Wildman–Crippen LogP) is 2.27. The Morgan fingerprint density at radius 3 is 2.52 bits per heavy atom.